The van der Waals surface area contributed by atoms with Crippen molar-refractivity contribution in [1.82, 2.24) is 4.98 Å². The minimum Gasteiger partial charge on any atom is -0.481 e. The minimum atomic E-state index is -0.791. The molecule has 19 heavy (non-hydrogen) atoms. The number of halogens is 1. The van der Waals surface area contributed by atoms with E-state index in [2.05, 4.69) is 20.9 Å². The maximum Gasteiger partial charge on any atom is 0.303 e. The molecule has 3 nitrogen and oxygen atoms in total. The molecule has 1 unspecified atom stereocenters. The van der Waals surface area contributed by atoms with Crippen molar-refractivity contribution in [2.24, 2.45) is 0 Å². The number of carboxylic acids is 1. The monoisotopic (exact) mass is 319 g/mol. The van der Waals surface area contributed by atoms with E-state index in [1.54, 1.807) is 6.20 Å². The number of benzene rings is 1. The van der Waals surface area contributed by atoms with E-state index in [0.717, 1.165) is 15.7 Å². The zero-order valence-electron chi connectivity index (χ0n) is 10.3. The molecule has 0 aliphatic carbocycles. The Morgan fingerprint density at radius 1 is 1.26 bits per heavy atom. The molecule has 2 rings (SSSR count). The Bertz CT molecular complexity index is 557. The summed E-state index contributed by atoms with van der Waals surface area (Å²) >= 11 is 3.42. The molecular weight excluding hydrogens is 306 g/mol. The molecule has 1 atom stereocenters. The highest BCUT2D eigenvalue weighted by Crippen LogP contribution is 2.26. The van der Waals surface area contributed by atoms with Gasteiger partial charge >= 0.3 is 5.97 Å². The van der Waals surface area contributed by atoms with Crippen molar-refractivity contribution in [3.63, 3.8) is 0 Å². The number of nitrogens with zero attached hydrogens (tertiary/aromatic N) is 1. The highest BCUT2D eigenvalue weighted by Gasteiger charge is 2.17. The molecule has 0 fully saturated rings. The molecule has 0 amide bonds. The summed E-state index contributed by atoms with van der Waals surface area (Å²) in [7, 11) is 0. The van der Waals surface area contributed by atoms with Crippen molar-refractivity contribution in [1.29, 1.82) is 0 Å². The summed E-state index contributed by atoms with van der Waals surface area (Å²) in [6.45, 7) is 0. The van der Waals surface area contributed by atoms with E-state index < -0.39 is 5.97 Å². The Morgan fingerprint density at radius 2 is 2.11 bits per heavy atom. The standard InChI is InChI=1S/C15H14BrNO2/c16-13-5-3-4-11(8-13)12(10-15(18)19)9-14-6-1-2-7-17-14/h1-8,12H,9-10H2,(H,18,19). The van der Waals surface area contributed by atoms with Gasteiger partial charge in [0.2, 0.25) is 0 Å². The maximum atomic E-state index is 11.0. The molecule has 0 saturated carbocycles. The van der Waals surface area contributed by atoms with Crippen LogP contribution in [0.25, 0.3) is 0 Å². The van der Waals surface area contributed by atoms with Crippen LogP contribution in [0.15, 0.2) is 53.1 Å². The van der Waals surface area contributed by atoms with Gasteiger partial charge in [-0.15, -0.1) is 0 Å². The first kappa shape index (κ1) is 13.7. The van der Waals surface area contributed by atoms with Gasteiger partial charge < -0.3 is 5.11 Å². The van der Waals surface area contributed by atoms with Crippen LogP contribution in [0.4, 0.5) is 0 Å². The molecule has 0 spiro atoms. The Hall–Kier alpha value is -1.68. The number of rotatable bonds is 5. The van der Waals surface area contributed by atoms with Crippen LogP contribution < -0.4 is 0 Å². The van der Waals surface area contributed by atoms with Gasteiger partial charge in [0.15, 0.2) is 0 Å². The molecule has 0 radical (unpaired) electrons. The maximum absolute atomic E-state index is 11.0. The van der Waals surface area contributed by atoms with Gasteiger partial charge in [0, 0.05) is 16.4 Å². The first-order valence-electron chi connectivity index (χ1n) is 6.02. The van der Waals surface area contributed by atoms with E-state index >= 15 is 0 Å². The third-order valence-corrected chi connectivity index (χ3v) is 3.42. The molecule has 2 aromatic rings. The first-order chi connectivity index (χ1) is 9.15. The molecule has 1 N–H and O–H groups in total. The zero-order chi connectivity index (χ0) is 13.7. The summed E-state index contributed by atoms with van der Waals surface area (Å²) < 4.78 is 0.960. The molecular formula is C15H14BrNO2. The average Bonchev–Trinajstić information content (AvgIpc) is 2.39. The second-order valence-electron chi connectivity index (χ2n) is 4.37. The first-order valence-corrected chi connectivity index (χ1v) is 6.81. The van der Waals surface area contributed by atoms with Crippen LogP contribution in [-0.2, 0) is 11.2 Å². The van der Waals surface area contributed by atoms with E-state index in [4.69, 9.17) is 5.11 Å². The Kier molecular flexibility index (Phi) is 4.68. The molecule has 0 aliphatic rings. The highest BCUT2D eigenvalue weighted by atomic mass is 79.9. The predicted octanol–water partition coefficient (Wildman–Crippen LogP) is 3.65. The molecule has 4 heteroatoms. The van der Waals surface area contributed by atoms with E-state index in [1.165, 1.54) is 0 Å². The van der Waals surface area contributed by atoms with Crippen molar-refractivity contribution in [3.8, 4) is 0 Å². The van der Waals surface area contributed by atoms with Gasteiger partial charge in [-0.3, -0.25) is 9.78 Å². The minimum absolute atomic E-state index is 0.0649. The summed E-state index contributed by atoms with van der Waals surface area (Å²) in [4.78, 5) is 15.3. The van der Waals surface area contributed by atoms with Crippen LogP contribution in [0.2, 0.25) is 0 Å². The zero-order valence-corrected chi connectivity index (χ0v) is 11.9. The third-order valence-electron chi connectivity index (χ3n) is 2.92. The van der Waals surface area contributed by atoms with Gasteiger partial charge in [-0.1, -0.05) is 34.1 Å². The molecule has 0 bridgehead atoms. The number of carbonyl (C=O) groups is 1. The largest absolute Gasteiger partial charge is 0.481 e. The van der Waals surface area contributed by atoms with Crippen LogP contribution in [0.3, 0.4) is 0 Å². The lowest BCUT2D eigenvalue weighted by Gasteiger charge is -2.15. The average molecular weight is 320 g/mol. The normalized spacial score (nSPS) is 12.1. The fraction of sp³-hybridized carbons (Fsp3) is 0.200. The van der Waals surface area contributed by atoms with Crippen LogP contribution >= 0.6 is 15.9 Å². The molecule has 1 aromatic carbocycles. The lowest BCUT2D eigenvalue weighted by Crippen LogP contribution is -2.10. The Morgan fingerprint density at radius 3 is 2.74 bits per heavy atom. The van der Waals surface area contributed by atoms with E-state index in [1.807, 2.05) is 42.5 Å². The lowest BCUT2D eigenvalue weighted by atomic mass is 9.91. The molecule has 1 heterocycles. The van der Waals surface area contributed by atoms with E-state index in [0.29, 0.717) is 6.42 Å². The number of carboxylic acid groups (broad SMARTS) is 1. The Labute approximate surface area is 120 Å². The SMILES string of the molecule is O=C(O)CC(Cc1ccccn1)c1cccc(Br)c1. The number of pyridine rings is 1. The van der Waals surface area contributed by atoms with Crippen molar-refractivity contribution in [2.45, 2.75) is 18.8 Å². The van der Waals surface area contributed by atoms with Gasteiger partial charge in [0.05, 0.1) is 6.42 Å². The predicted molar refractivity (Wildman–Crippen MR) is 77.1 cm³/mol. The second-order valence-corrected chi connectivity index (χ2v) is 5.29. The van der Waals surface area contributed by atoms with Crippen molar-refractivity contribution in [3.05, 3.63) is 64.4 Å². The molecule has 0 aliphatic heterocycles. The second kappa shape index (κ2) is 6.48. The van der Waals surface area contributed by atoms with Crippen molar-refractivity contribution >= 4 is 21.9 Å². The quantitative estimate of drug-likeness (QED) is 0.915. The van der Waals surface area contributed by atoms with Gasteiger partial charge in [0.1, 0.15) is 0 Å². The fourth-order valence-corrected chi connectivity index (χ4v) is 2.47. The van der Waals surface area contributed by atoms with E-state index in [9.17, 15) is 4.79 Å². The van der Waals surface area contributed by atoms with Crippen LogP contribution in [0.5, 0.6) is 0 Å². The van der Waals surface area contributed by atoms with Crippen LogP contribution in [0, 0.1) is 0 Å². The van der Waals surface area contributed by atoms with Crippen molar-refractivity contribution in [2.75, 3.05) is 0 Å². The molecule has 1 aromatic heterocycles. The van der Waals surface area contributed by atoms with Crippen LogP contribution in [-0.4, -0.2) is 16.1 Å². The summed E-state index contributed by atoms with van der Waals surface area (Å²) in [5, 5.41) is 9.06. The third kappa shape index (κ3) is 4.17. The Balaban J connectivity index is 2.23. The highest BCUT2D eigenvalue weighted by molar-refractivity contribution is 9.10. The number of aromatic nitrogens is 1. The number of hydrogen-bond acceptors (Lipinski definition) is 2. The van der Waals surface area contributed by atoms with Gasteiger partial charge in [-0.2, -0.15) is 0 Å². The smallest absolute Gasteiger partial charge is 0.303 e. The summed E-state index contributed by atoms with van der Waals surface area (Å²) in [6, 6.07) is 13.5. The topological polar surface area (TPSA) is 50.2 Å². The fourth-order valence-electron chi connectivity index (χ4n) is 2.05. The lowest BCUT2D eigenvalue weighted by molar-refractivity contribution is -0.137. The summed E-state index contributed by atoms with van der Waals surface area (Å²) in [5.41, 5.74) is 1.93. The van der Waals surface area contributed by atoms with E-state index in [-0.39, 0.29) is 12.3 Å². The molecule has 98 valence electrons. The summed E-state index contributed by atoms with van der Waals surface area (Å²) in [6.07, 6.45) is 2.46. The summed E-state index contributed by atoms with van der Waals surface area (Å²) in [5.74, 6) is -0.856. The number of hydrogen-bond donors (Lipinski definition) is 1. The van der Waals surface area contributed by atoms with Gasteiger partial charge in [-0.05, 0) is 42.2 Å². The van der Waals surface area contributed by atoms with Crippen molar-refractivity contribution < 1.29 is 9.90 Å². The molecule has 0 saturated heterocycles. The number of aliphatic carboxylic acids is 1. The van der Waals surface area contributed by atoms with Crippen LogP contribution in [0.1, 0.15) is 23.6 Å². The van der Waals surface area contributed by atoms with Gasteiger partial charge in [-0.25, -0.2) is 0 Å². The van der Waals surface area contributed by atoms with Gasteiger partial charge in [0.25, 0.3) is 0 Å².